The standard InChI is InChI=1S/C27H40N4/c28-15-10-20-30-18-9-8-17-29-16-6-1-7-19-31-22-27-25-13-4-2-11-23(25)21-24-12-3-5-14-26(24)27/h2-5,11-14,21,29-31H,1,6-10,15-20,22,28H2. The molecule has 0 aliphatic heterocycles. The van der Waals surface area contributed by atoms with Crippen molar-refractivity contribution < 1.29 is 0 Å². The molecule has 3 aromatic rings. The third kappa shape index (κ3) is 7.89. The van der Waals surface area contributed by atoms with Gasteiger partial charge in [0.1, 0.15) is 0 Å². The number of benzene rings is 3. The molecule has 0 saturated carbocycles. The minimum absolute atomic E-state index is 0.782. The van der Waals surface area contributed by atoms with Gasteiger partial charge >= 0.3 is 0 Å². The Morgan fingerprint density at radius 3 is 1.61 bits per heavy atom. The molecule has 0 bridgehead atoms. The van der Waals surface area contributed by atoms with E-state index in [9.17, 15) is 0 Å². The topological polar surface area (TPSA) is 62.1 Å². The molecule has 0 aliphatic rings. The highest BCUT2D eigenvalue weighted by atomic mass is 14.9. The summed E-state index contributed by atoms with van der Waals surface area (Å²) in [4.78, 5) is 0. The van der Waals surface area contributed by atoms with Crippen LogP contribution in [0, 0.1) is 0 Å². The lowest BCUT2D eigenvalue weighted by molar-refractivity contribution is 0.547. The number of unbranched alkanes of at least 4 members (excludes halogenated alkanes) is 3. The average molecular weight is 421 g/mol. The summed E-state index contributed by atoms with van der Waals surface area (Å²) >= 11 is 0. The summed E-state index contributed by atoms with van der Waals surface area (Å²) in [7, 11) is 0. The van der Waals surface area contributed by atoms with Crippen LogP contribution in [0.4, 0.5) is 0 Å². The van der Waals surface area contributed by atoms with Crippen LogP contribution in [0.25, 0.3) is 21.5 Å². The second-order valence-electron chi connectivity index (χ2n) is 8.38. The molecule has 0 unspecified atom stereocenters. The lowest BCUT2D eigenvalue weighted by atomic mass is 9.97. The van der Waals surface area contributed by atoms with Crippen molar-refractivity contribution in [3.63, 3.8) is 0 Å². The SMILES string of the molecule is NCCCNCCCCNCCCCCNCc1c2ccccc2cc2ccccc12. The van der Waals surface area contributed by atoms with Crippen LogP contribution >= 0.6 is 0 Å². The van der Waals surface area contributed by atoms with Gasteiger partial charge in [0, 0.05) is 6.54 Å². The molecule has 0 heterocycles. The molecule has 0 saturated heterocycles. The molecule has 0 spiro atoms. The third-order valence-corrected chi connectivity index (χ3v) is 5.91. The van der Waals surface area contributed by atoms with Gasteiger partial charge in [-0.25, -0.2) is 0 Å². The first-order chi connectivity index (χ1) is 15.4. The molecule has 3 aromatic carbocycles. The zero-order valence-electron chi connectivity index (χ0n) is 19.0. The van der Waals surface area contributed by atoms with E-state index >= 15 is 0 Å². The number of rotatable bonds is 16. The van der Waals surface area contributed by atoms with E-state index in [2.05, 4.69) is 70.5 Å². The minimum atomic E-state index is 0.782. The fourth-order valence-corrected chi connectivity index (χ4v) is 4.17. The number of fused-ring (bicyclic) bond motifs is 2. The molecule has 0 fully saturated rings. The zero-order chi connectivity index (χ0) is 21.6. The summed E-state index contributed by atoms with van der Waals surface area (Å²) in [5, 5.41) is 16.1. The van der Waals surface area contributed by atoms with Crippen molar-refractivity contribution in [3.05, 3.63) is 60.2 Å². The van der Waals surface area contributed by atoms with Crippen LogP contribution in [0.3, 0.4) is 0 Å². The molecule has 3 rings (SSSR count). The molecule has 31 heavy (non-hydrogen) atoms. The Morgan fingerprint density at radius 1 is 0.548 bits per heavy atom. The minimum Gasteiger partial charge on any atom is -0.330 e. The second kappa shape index (κ2) is 14.2. The van der Waals surface area contributed by atoms with Crippen LogP contribution in [0.15, 0.2) is 54.6 Å². The molecule has 0 radical (unpaired) electrons. The van der Waals surface area contributed by atoms with Gasteiger partial charge < -0.3 is 21.7 Å². The number of hydrogen-bond donors (Lipinski definition) is 4. The lowest BCUT2D eigenvalue weighted by Crippen LogP contribution is -2.22. The first kappa shape index (κ1) is 23.7. The number of nitrogens with one attached hydrogen (secondary N) is 3. The largest absolute Gasteiger partial charge is 0.330 e. The summed E-state index contributed by atoms with van der Waals surface area (Å²) in [6.07, 6.45) is 7.33. The van der Waals surface area contributed by atoms with E-state index in [0.29, 0.717) is 0 Å². The van der Waals surface area contributed by atoms with Gasteiger partial charge in [-0.05, 0) is 105 Å². The Kier molecular flexibility index (Phi) is 10.8. The monoisotopic (exact) mass is 420 g/mol. The van der Waals surface area contributed by atoms with Gasteiger partial charge in [-0.15, -0.1) is 0 Å². The van der Waals surface area contributed by atoms with Crippen molar-refractivity contribution in [1.29, 1.82) is 0 Å². The highest BCUT2D eigenvalue weighted by Crippen LogP contribution is 2.28. The van der Waals surface area contributed by atoms with Crippen molar-refractivity contribution in [2.75, 3.05) is 39.3 Å². The van der Waals surface area contributed by atoms with Crippen molar-refractivity contribution in [2.24, 2.45) is 5.73 Å². The molecule has 0 aliphatic carbocycles. The van der Waals surface area contributed by atoms with E-state index in [0.717, 1.165) is 52.2 Å². The van der Waals surface area contributed by atoms with Crippen molar-refractivity contribution in [2.45, 2.75) is 45.1 Å². The highest BCUT2D eigenvalue weighted by Gasteiger charge is 2.06. The Hall–Kier alpha value is -1.98. The highest BCUT2D eigenvalue weighted by molar-refractivity contribution is 6.02. The van der Waals surface area contributed by atoms with Gasteiger partial charge in [0.05, 0.1) is 0 Å². The van der Waals surface area contributed by atoms with Gasteiger partial charge in [-0.2, -0.15) is 0 Å². The lowest BCUT2D eigenvalue weighted by Gasteiger charge is -2.12. The quantitative estimate of drug-likeness (QED) is 0.203. The van der Waals surface area contributed by atoms with E-state index in [1.54, 1.807) is 0 Å². The maximum atomic E-state index is 5.49. The van der Waals surface area contributed by atoms with E-state index in [-0.39, 0.29) is 0 Å². The first-order valence-electron chi connectivity index (χ1n) is 12.1. The fourth-order valence-electron chi connectivity index (χ4n) is 4.17. The predicted molar refractivity (Wildman–Crippen MR) is 136 cm³/mol. The Balaban J connectivity index is 1.28. The van der Waals surface area contributed by atoms with E-state index in [1.807, 2.05) is 0 Å². The molecular formula is C27H40N4. The van der Waals surface area contributed by atoms with Gasteiger partial charge in [0.25, 0.3) is 0 Å². The van der Waals surface area contributed by atoms with Crippen LogP contribution in [-0.4, -0.2) is 39.3 Å². The summed E-state index contributed by atoms with van der Waals surface area (Å²) in [6, 6.07) is 19.8. The summed E-state index contributed by atoms with van der Waals surface area (Å²) in [5.74, 6) is 0. The van der Waals surface area contributed by atoms with Crippen LogP contribution in [0.2, 0.25) is 0 Å². The van der Waals surface area contributed by atoms with Gasteiger partial charge in [-0.3, -0.25) is 0 Å². The first-order valence-corrected chi connectivity index (χ1v) is 12.1. The smallest absolute Gasteiger partial charge is 0.0217 e. The van der Waals surface area contributed by atoms with Crippen LogP contribution in [-0.2, 0) is 6.54 Å². The number of nitrogens with two attached hydrogens (primary N) is 1. The maximum absolute atomic E-state index is 5.49. The predicted octanol–water partition coefficient (Wildman–Crippen LogP) is 4.56. The van der Waals surface area contributed by atoms with Crippen LogP contribution in [0.5, 0.6) is 0 Å². The Morgan fingerprint density at radius 2 is 1.03 bits per heavy atom. The van der Waals surface area contributed by atoms with Gasteiger partial charge in [-0.1, -0.05) is 55.0 Å². The third-order valence-electron chi connectivity index (χ3n) is 5.91. The van der Waals surface area contributed by atoms with E-state index in [4.69, 9.17) is 5.73 Å². The van der Waals surface area contributed by atoms with E-state index < -0.39 is 0 Å². The second-order valence-corrected chi connectivity index (χ2v) is 8.38. The molecule has 168 valence electrons. The van der Waals surface area contributed by atoms with Crippen molar-refractivity contribution in [3.8, 4) is 0 Å². The molecule has 0 atom stereocenters. The van der Waals surface area contributed by atoms with Gasteiger partial charge in [0.2, 0.25) is 0 Å². The zero-order valence-corrected chi connectivity index (χ0v) is 19.0. The molecule has 4 nitrogen and oxygen atoms in total. The average Bonchev–Trinajstić information content (AvgIpc) is 2.81. The maximum Gasteiger partial charge on any atom is 0.0217 e. The number of hydrogen-bond acceptors (Lipinski definition) is 4. The molecule has 4 heteroatoms. The molecular weight excluding hydrogens is 380 g/mol. The molecule has 0 aromatic heterocycles. The van der Waals surface area contributed by atoms with E-state index in [1.165, 1.54) is 59.2 Å². The Bertz CT molecular complexity index is 839. The summed E-state index contributed by atoms with van der Waals surface area (Å²) in [5.41, 5.74) is 6.91. The molecule has 5 N–H and O–H groups in total. The normalized spacial score (nSPS) is 11.5. The van der Waals surface area contributed by atoms with Gasteiger partial charge in [0.15, 0.2) is 0 Å². The van der Waals surface area contributed by atoms with Crippen LogP contribution in [0.1, 0.15) is 44.1 Å². The molecule has 0 amide bonds. The van der Waals surface area contributed by atoms with Crippen LogP contribution < -0.4 is 21.7 Å². The summed E-state index contributed by atoms with van der Waals surface area (Å²) in [6.45, 7) is 7.21. The Labute approximate surface area is 188 Å². The fraction of sp³-hybridized carbons (Fsp3) is 0.481. The van der Waals surface area contributed by atoms with Crippen molar-refractivity contribution in [1.82, 2.24) is 16.0 Å². The summed E-state index contributed by atoms with van der Waals surface area (Å²) < 4.78 is 0. The van der Waals surface area contributed by atoms with Crippen molar-refractivity contribution >= 4 is 21.5 Å².